The average Bonchev–Trinajstić information content (AvgIpc) is 2.78. The van der Waals surface area contributed by atoms with Crippen LogP contribution < -0.4 is 5.32 Å². The van der Waals surface area contributed by atoms with Gasteiger partial charge in [0, 0.05) is 23.7 Å². The van der Waals surface area contributed by atoms with Gasteiger partial charge in [-0.2, -0.15) is 0 Å². The molecule has 24 heavy (non-hydrogen) atoms. The minimum absolute atomic E-state index is 0.0892. The van der Waals surface area contributed by atoms with E-state index >= 15 is 0 Å². The van der Waals surface area contributed by atoms with Crippen LogP contribution in [0.5, 0.6) is 0 Å². The largest absolute Gasteiger partial charge is 0.326 e. The maximum absolute atomic E-state index is 12.4. The molecule has 126 valence electrons. The molecule has 0 bridgehead atoms. The number of allylic oxidation sites excluding steroid dienone is 2. The third-order valence-electron chi connectivity index (χ3n) is 4.56. The molecule has 0 aromatic heterocycles. The molecule has 0 unspecified atom stereocenters. The number of hydrogen-bond acceptors (Lipinski definition) is 3. The molecule has 2 atom stereocenters. The summed E-state index contributed by atoms with van der Waals surface area (Å²) >= 11 is 5.99. The molecule has 1 N–H and O–H groups in total. The monoisotopic (exact) mass is 346 g/mol. The van der Waals surface area contributed by atoms with Crippen molar-refractivity contribution >= 4 is 35.0 Å². The Balaban J connectivity index is 1.57. The number of carbonyl (C=O) groups excluding carboxylic acids is 3. The summed E-state index contributed by atoms with van der Waals surface area (Å²) in [6.07, 6.45) is 2.82. The lowest BCUT2D eigenvalue weighted by Crippen LogP contribution is -2.34. The van der Waals surface area contributed by atoms with Crippen LogP contribution in [0.15, 0.2) is 35.4 Å². The molecule has 5 nitrogen and oxygen atoms in total. The van der Waals surface area contributed by atoms with Gasteiger partial charge in [0.05, 0.1) is 11.8 Å². The molecule has 3 amide bonds. The lowest BCUT2D eigenvalue weighted by molar-refractivity contribution is -0.140. The Morgan fingerprint density at radius 1 is 1.21 bits per heavy atom. The number of fused-ring (bicyclic) bond motifs is 1. The highest BCUT2D eigenvalue weighted by Gasteiger charge is 2.48. The lowest BCUT2D eigenvalue weighted by Gasteiger charge is -2.17. The second kappa shape index (κ2) is 6.77. The minimum atomic E-state index is -0.366. The summed E-state index contributed by atoms with van der Waals surface area (Å²) in [5.74, 6) is -1.30. The maximum atomic E-state index is 12.4. The topological polar surface area (TPSA) is 66.5 Å². The van der Waals surface area contributed by atoms with Crippen LogP contribution in [0, 0.1) is 18.8 Å². The van der Waals surface area contributed by atoms with Crippen LogP contribution >= 0.6 is 11.6 Å². The summed E-state index contributed by atoms with van der Waals surface area (Å²) < 4.78 is 0. The van der Waals surface area contributed by atoms with Crippen LogP contribution in [0.25, 0.3) is 0 Å². The molecule has 3 rings (SSSR count). The average molecular weight is 347 g/mol. The molecule has 2 aliphatic rings. The second-order valence-corrected chi connectivity index (χ2v) is 6.78. The zero-order chi connectivity index (χ0) is 17.3. The van der Waals surface area contributed by atoms with Crippen LogP contribution in [0.1, 0.15) is 24.8 Å². The smallest absolute Gasteiger partial charge is 0.233 e. The fraction of sp³-hybridized carbons (Fsp3) is 0.389. The Morgan fingerprint density at radius 3 is 2.58 bits per heavy atom. The number of aryl methyl sites for hydroxylation is 1. The van der Waals surface area contributed by atoms with Crippen LogP contribution in [0.4, 0.5) is 5.69 Å². The number of benzene rings is 1. The van der Waals surface area contributed by atoms with E-state index in [2.05, 4.69) is 5.32 Å². The first kappa shape index (κ1) is 16.7. The maximum Gasteiger partial charge on any atom is 0.233 e. The summed E-state index contributed by atoms with van der Waals surface area (Å²) in [6, 6.07) is 7.46. The van der Waals surface area contributed by atoms with E-state index in [4.69, 9.17) is 11.6 Å². The van der Waals surface area contributed by atoms with Gasteiger partial charge in [-0.3, -0.25) is 19.3 Å². The highest BCUT2D eigenvalue weighted by Crippen LogP contribution is 2.38. The van der Waals surface area contributed by atoms with E-state index in [9.17, 15) is 14.4 Å². The Morgan fingerprint density at radius 2 is 1.88 bits per heavy atom. The molecule has 0 spiro atoms. The number of halogens is 1. The third kappa shape index (κ3) is 3.36. The normalized spacial score (nSPS) is 23.1. The number of carbonyl (C=O) groups is 3. The van der Waals surface area contributed by atoms with Gasteiger partial charge in [-0.1, -0.05) is 35.4 Å². The number of nitrogens with zero attached hydrogens (tertiary/aromatic N) is 1. The van der Waals surface area contributed by atoms with E-state index in [0.29, 0.717) is 23.6 Å². The fourth-order valence-corrected chi connectivity index (χ4v) is 3.45. The third-order valence-corrected chi connectivity index (χ3v) is 4.87. The van der Waals surface area contributed by atoms with E-state index in [0.717, 1.165) is 5.56 Å². The number of amides is 3. The SMILES string of the molecule is Cc1ccc(NC(=O)CCN2C(=O)[C@H]3CC=C(Cl)C[C@H]3C2=O)cc1. The van der Waals surface area contributed by atoms with Crippen molar-refractivity contribution < 1.29 is 14.4 Å². The standard InChI is InChI=1S/C18H19ClN2O3/c1-11-2-5-13(6-3-11)20-16(22)8-9-21-17(23)14-7-4-12(19)10-15(14)18(21)24/h2-6,14-15H,7-10H2,1H3,(H,20,22)/t14-,15+/m0/s1. The van der Waals surface area contributed by atoms with Crippen molar-refractivity contribution in [3.63, 3.8) is 0 Å². The molecule has 1 aliphatic carbocycles. The molecule has 0 radical (unpaired) electrons. The second-order valence-electron chi connectivity index (χ2n) is 6.30. The van der Waals surface area contributed by atoms with E-state index in [-0.39, 0.29) is 42.5 Å². The molecular weight excluding hydrogens is 328 g/mol. The highest BCUT2D eigenvalue weighted by molar-refractivity contribution is 6.30. The van der Waals surface area contributed by atoms with Crippen molar-refractivity contribution in [2.45, 2.75) is 26.2 Å². The van der Waals surface area contributed by atoms with Crippen LogP contribution in [-0.4, -0.2) is 29.2 Å². The van der Waals surface area contributed by atoms with E-state index in [1.54, 1.807) is 0 Å². The van der Waals surface area contributed by atoms with Crippen molar-refractivity contribution in [1.29, 1.82) is 0 Å². The molecule has 6 heteroatoms. The first-order valence-electron chi connectivity index (χ1n) is 8.02. The summed E-state index contributed by atoms with van der Waals surface area (Å²) in [5, 5.41) is 3.41. The molecule has 1 heterocycles. The van der Waals surface area contributed by atoms with Gasteiger partial charge in [-0.05, 0) is 31.9 Å². The number of anilines is 1. The number of imide groups is 1. The van der Waals surface area contributed by atoms with Crippen molar-refractivity contribution in [2.24, 2.45) is 11.8 Å². The first-order chi connectivity index (χ1) is 11.5. The first-order valence-corrected chi connectivity index (χ1v) is 8.40. The zero-order valence-corrected chi connectivity index (χ0v) is 14.2. The van der Waals surface area contributed by atoms with Gasteiger partial charge in [-0.25, -0.2) is 0 Å². The van der Waals surface area contributed by atoms with Gasteiger partial charge in [0.25, 0.3) is 0 Å². The van der Waals surface area contributed by atoms with Gasteiger partial charge < -0.3 is 5.32 Å². The number of hydrogen-bond donors (Lipinski definition) is 1. The van der Waals surface area contributed by atoms with Crippen LogP contribution in [-0.2, 0) is 14.4 Å². The molecule has 1 fully saturated rings. The van der Waals surface area contributed by atoms with Crippen molar-refractivity contribution in [3.05, 3.63) is 40.9 Å². The Labute approximate surface area is 145 Å². The van der Waals surface area contributed by atoms with E-state index in [1.165, 1.54) is 4.90 Å². The van der Waals surface area contributed by atoms with E-state index in [1.807, 2.05) is 37.3 Å². The number of rotatable bonds is 4. The van der Waals surface area contributed by atoms with Gasteiger partial charge in [0.2, 0.25) is 17.7 Å². The summed E-state index contributed by atoms with van der Waals surface area (Å²) in [5.41, 5.74) is 1.81. The Hall–Kier alpha value is -2.14. The van der Waals surface area contributed by atoms with Gasteiger partial charge in [-0.15, -0.1) is 0 Å². The summed E-state index contributed by atoms with van der Waals surface area (Å²) in [7, 11) is 0. The van der Waals surface area contributed by atoms with Crippen molar-refractivity contribution in [2.75, 3.05) is 11.9 Å². The van der Waals surface area contributed by atoms with Gasteiger partial charge in [0.15, 0.2) is 0 Å². The molecule has 1 saturated heterocycles. The Bertz CT molecular complexity index is 711. The quantitative estimate of drug-likeness (QED) is 0.852. The molecule has 1 aliphatic heterocycles. The highest BCUT2D eigenvalue weighted by atomic mass is 35.5. The molecular formula is C18H19ClN2O3. The van der Waals surface area contributed by atoms with E-state index < -0.39 is 0 Å². The molecule has 1 aromatic rings. The Kier molecular flexibility index (Phi) is 4.71. The van der Waals surface area contributed by atoms with Crippen LogP contribution in [0.3, 0.4) is 0 Å². The summed E-state index contributed by atoms with van der Waals surface area (Å²) in [6.45, 7) is 2.08. The van der Waals surface area contributed by atoms with Crippen LogP contribution in [0.2, 0.25) is 0 Å². The predicted octanol–water partition coefficient (Wildman–Crippen LogP) is 2.84. The molecule has 0 saturated carbocycles. The minimum Gasteiger partial charge on any atom is -0.326 e. The number of nitrogens with one attached hydrogen (secondary N) is 1. The van der Waals surface area contributed by atoms with Gasteiger partial charge >= 0.3 is 0 Å². The molecule has 1 aromatic carbocycles. The lowest BCUT2D eigenvalue weighted by atomic mass is 9.85. The fourth-order valence-electron chi connectivity index (χ4n) is 3.19. The van der Waals surface area contributed by atoms with Gasteiger partial charge in [0.1, 0.15) is 0 Å². The van der Waals surface area contributed by atoms with Crippen molar-refractivity contribution in [1.82, 2.24) is 4.90 Å². The van der Waals surface area contributed by atoms with Crippen molar-refractivity contribution in [3.8, 4) is 0 Å². The number of likely N-dealkylation sites (tertiary alicyclic amines) is 1. The predicted molar refractivity (Wildman–Crippen MR) is 91.3 cm³/mol. The zero-order valence-electron chi connectivity index (χ0n) is 13.4. The summed E-state index contributed by atoms with van der Waals surface area (Å²) in [4.78, 5) is 38.0.